The Hall–Kier alpha value is -5.45. The fourth-order valence-electron chi connectivity index (χ4n) is 5.73. The number of nitrogens with zero attached hydrogens (tertiary/aromatic N) is 4. The van der Waals surface area contributed by atoms with Crippen molar-refractivity contribution < 1.29 is 13.0 Å². The van der Waals surface area contributed by atoms with Gasteiger partial charge < -0.3 is 10.6 Å². The second-order valence-corrected chi connectivity index (χ2v) is 16.7. The Labute approximate surface area is 305 Å². The van der Waals surface area contributed by atoms with Crippen molar-refractivity contribution in [2.75, 3.05) is 23.7 Å². The fourth-order valence-corrected chi connectivity index (χ4v) is 6.55. The van der Waals surface area contributed by atoms with Crippen LogP contribution in [-0.4, -0.2) is 26.1 Å². The maximum absolute atomic E-state index is 12.6. The third kappa shape index (κ3) is 8.88. The van der Waals surface area contributed by atoms with Gasteiger partial charge in [-0.3, -0.25) is 4.55 Å². The highest BCUT2D eigenvalue weighted by Gasteiger charge is 2.23. The molecule has 0 aliphatic carbocycles. The van der Waals surface area contributed by atoms with Gasteiger partial charge >= 0.3 is 0 Å². The summed E-state index contributed by atoms with van der Waals surface area (Å²) in [6, 6.07) is 36.3. The standard InChI is InChI=1S/C42H44N6O3S/c1-41(2,3)26-43-37-25-38(40(52(49,50)51)35-14-10-9-13-34(35)37)48-46-32-22-17-29(18-23-32)28-15-20-31(21-16-28)45-47-36-24-19-30-11-7-8-12-33(30)39(36)44-27-42(4,5)6/h7-25,43-44H,26-27H2,1-6H3,(H,49,50,51). The summed E-state index contributed by atoms with van der Waals surface area (Å²) in [6.07, 6.45) is 0. The van der Waals surface area contributed by atoms with Gasteiger partial charge in [-0.05, 0) is 63.7 Å². The van der Waals surface area contributed by atoms with Crippen molar-refractivity contribution in [1.82, 2.24) is 0 Å². The van der Waals surface area contributed by atoms with E-state index < -0.39 is 10.1 Å². The summed E-state index contributed by atoms with van der Waals surface area (Å²) < 4.78 is 35.4. The molecule has 0 saturated carbocycles. The number of fused-ring (bicyclic) bond motifs is 2. The summed E-state index contributed by atoms with van der Waals surface area (Å²) in [7, 11) is -4.61. The van der Waals surface area contributed by atoms with Crippen LogP contribution in [0.5, 0.6) is 0 Å². The summed E-state index contributed by atoms with van der Waals surface area (Å²) in [6.45, 7) is 14.3. The fraction of sp³-hybridized carbons (Fsp3) is 0.238. The lowest BCUT2D eigenvalue weighted by Gasteiger charge is -2.21. The molecule has 0 fully saturated rings. The molecule has 0 unspecified atom stereocenters. The Morgan fingerprint density at radius 1 is 0.558 bits per heavy atom. The third-order valence-electron chi connectivity index (χ3n) is 8.36. The predicted molar refractivity (Wildman–Crippen MR) is 214 cm³/mol. The highest BCUT2D eigenvalue weighted by molar-refractivity contribution is 7.86. The van der Waals surface area contributed by atoms with Crippen molar-refractivity contribution in [3.63, 3.8) is 0 Å². The first-order valence-corrected chi connectivity index (χ1v) is 18.7. The number of hydrogen-bond acceptors (Lipinski definition) is 8. The molecule has 0 heterocycles. The van der Waals surface area contributed by atoms with Crippen molar-refractivity contribution in [2.45, 2.75) is 46.4 Å². The van der Waals surface area contributed by atoms with Crippen LogP contribution >= 0.6 is 0 Å². The van der Waals surface area contributed by atoms with E-state index >= 15 is 0 Å². The van der Waals surface area contributed by atoms with E-state index in [9.17, 15) is 13.0 Å². The van der Waals surface area contributed by atoms with Gasteiger partial charge in [0.1, 0.15) is 16.3 Å². The molecular formula is C42H44N6O3S. The molecular weight excluding hydrogens is 669 g/mol. The van der Waals surface area contributed by atoms with Crippen molar-refractivity contribution >= 4 is 65.8 Å². The van der Waals surface area contributed by atoms with E-state index in [1.165, 1.54) is 0 Å². The third-order valence-corrected chi connectivity index (χ3v) is 9.30. The van der Waals surface area contributed by atoms with Gasteiger partial charge in [-0.1, -0.05) is 120 Å². The second kappa shape index (κ2) is 14.7. The largest absolute Gasteiger partial charge is 0.384 e. The van der Waals surface area contributed by atoms with Gasteiger partial charge in [0.2, 0.25) is 0 Å². The summed E-state index contributed by atoms with van der Waals surface area (Å²) >= 11 is 0. The van der Waals surface area contributed by atoms with Crippen LogP contribution in [-0.2, 0) is 10.1 Å². The number of rotatable bonds is 10. The molecule has 0 saturated heterocycles. The van der Waals surface area contributed by atoms with E-state index in [-0.39, 0.29) is 21.4 Å². The van der Waals surface area contributed by atoms with E-state index in [1.54, 1.807) is 18.2 Å². The van der Waals surface area contributed by atoms with Gasteiger partial charge in [0.15, 0.2) is 0 Å². The zero-order chi connectivity index (χ0) is 37.1. The van der Waals surface area contributed by atoms with E-state index in [2.05, 4.69) is 90.8 Å². The Kier molecular flexibility index (Phi) is 10.2. The van der Waals surface area contributed by atoms with Crippen molar-refractivity contribution in [3.8, 4) is 11.1 Å². The van der Waals surface area contributed by atoms with Gasteiger partial charge in [0, 0.05) is 34.9 Å². The van der Waals surface area contributed by atoms with Crippen LogP contribution in [0, 0.1) is 10.8 Å². The number of nitrogens with one attached hydrogen (secondary N) is 2. The molecule has 0 amide bonds. The zero-order valence-corrected chi connectivity index (χ0v) is 31.2. The quantitative estimate of drug-likeness (QED) is 0.0962. The molecule has 266 valence electrons. The van der Waals surface area contributed by atoms with Crippen LogP contribution < -0.4 is 10.6 Å². The Morgan fingerprint density at radius 3 is 1.62 bits per heavy atom. The average molecular weight is 713 g/mol. The average Bonchev–Trinajstić information content (AvgIpc) is 3.10. The minimum absolute atomic E-state index is 0.0257. The SMILES string of the molecule is CC(C)(C)CNc1c(N=Nc2ccc(-c3ccc(N=Nc4cc(NCC(C)(C)C)c5ccccc5c4S(=O)(=O)O)cc3)cc2)ccc2ccccc12. The van der Waals surface area contributed by atoms with Crippen LogP contribution in [0.1, 0.15) is 41.5 Å². The molecule has 0 aliphatic heterocycles. The first kappa shape index (κ1) is 36.3. The zero-order valence-electron chi connectivity index (χ0n) is 30.3. The molecule has 0 radical (unpaired) electrons. The Morgan fingerprint density at radius 2 is 1.06 bits per heavy atom. The summed E-state index contributed by atoms with van der Waals surface area (Å²) in [5.74, 6) is 0. The maximum Gasteiger partial charge on any atom is 0.297 e. The molecule has 3 N–H and O–H groups in total. The lowest BCUT2D eigenvalue weighted by molar-refractivity contribution is 0.443. The molecule has 6 aromatic rings. The minimum atomic E-state index is -4.61. The number of azo groups is 2. The van der Waals surface area contributed by atoms with Gasteiger partial charge in [-0.15, -0.1) is 10.2 Å². The van der Waals surface area contributed by atoms with E-state index in [0.717, 1.165) is 45.5 Å². The van der Waals surface area contributed by atoms with Gasteiger partial charge in [0.25, 0.3) is 10.1 Å². The van der Waals surface area contributed by atoms with Crippen molar-refractivity contribution in [3.05, 3.63) is 115 Å². The Bertz CT molecular complexity index is 2390. The van der Waals surface area contributed by atoms with Gasteiger partial charge in [-0.25, -0.2) is 0 Å². The van der Waals surface area contributed by atoms with E-state index in [0.29, 0.717) is 28.7 Å². The topological polar surface area (TPSA) is 128 Å². The summed E-state index contributed by atoms with van der Waals surface area (Å²) in [4.78, 5) is -0.278. The Balaban J connectivity index is 1.22. The molecule has 6 rings (SSSR count). The number of hydrogen-bond donors (Lipinski definition) is 3. The predicted octanol–water partition coefficient (Wildman–Crippen LogP) is 12.7. The lowest BCUT2D eigenvalue weighted by Crippen LogP contribution is -2.19. The highest BCUT2D eigenvalue weighted by atomic mass is 32.2. The van der Waals surface area contributed by atoms with E-state index in [4.69, 9.17) is 0 Å². The normalized spacial score (nSPS) is 12.7. The van der Waals surface area contributed by atoms with E-state index in [1.807, 2.05) is 78.9 Å². The lowest BCUT2D eigenvalue weighted by atomic mass is 9.96. The molecule has 0 atom stereocenters. The first-order chi connectivity index (χ1) is 24.6. The molecule has 6 aromatic carbocycles. The van der Waals surface area contributed by atoms with Crippen LogP contribution in [0.25, 0.3) is 32.7 Å². The monoisotopic (exact) mass is 712 g/mol. The van der Waals surface area contributed by atoms with Crippen LogP contribution in [0.3, 0.4) is 0 Å². The molecule has 9 nitrogen and oxygen atoms in total. The molecule has 0 aliphatic rings. The van der Waals surface area contributed by atoms with Gasteiger partial charge in [0.05, 0.1) is 17.1 Å². The maximum atomic E-state index is 12.6. The highest BCUT2D eigenvalue weighted by Crippen LogP contribution is 2.39. The van der Waals surface area contributed by atoms with Crippen molar-refractivity contribution in [1.29, 1.82) is 0 Å². The molecule has 0 bridgehead atoms. The van der Waals surface area contributed by atoms with Crippen LogP contribution in [0.4, 0.5) is 34.1 Å². The van der Waals surface area contributed by atoms with Gasteiger partial charge in [-0.2, -0.15) is 18.6 Å². The molecule has 10 heteroatoms. The number of anilines is 2. The van der Waals surface area contributed by atoms with Crippen LogP contribution in [0.2, 0.25) is 0 Å². The first-order valence-electron chi connectivity index (χ1n) is 17.2. The number of benzene rings is 6. The van der Waals surface area contributed by atoms with Crippen LogP contribution in [0.15, 0.2) is 141 Å². The molecule has 52 heavy (non-hydrogen) atoms. The molecule has 0 aromatic heterocycles. The summed E-state index contributed by atoms with van der Waals surface area (Å²) in [5.41, 5.74) is 5.78. The van der Waals surface area contributed by atoms with Crippen molar-refractivity contribution in [2.24, 2.45) is 31.3 Å². The molecule has 0 spiro atoms. The summed E-state index contributed by atoms with van der Waals surface area (Å²) in [5, 5.41) is 28.2. The smallest absolute Gasteiger partial charge is 0.297 e. The second-order valence-electron chi connectivity index (χ2n) is 15.3. The minimum Gasteiger partial charge on any atom is -0.384 e.